The molecule has 0 aliphatic heterocycles. The zero-order valence-electron chi connectivity index (χ0n) is 12.2. The highest BCUT2D eigenvalue weighted by Gasteiger charge is 2.38. The fourth-order valence-corrected chi connectivity index (χ4v) is 3.19. The van der Waals surface area contributed by atoms with Crippen molar-refractivity contribution < 1.29 is 9.21 Å². The molecule has 0 spiro atoms. The summed E-state index contributed by atoms with van der Waals surface area (Å²) in [5.41, 5.74) is 6.16. The summed E-state index contributed by atoms with van der Waals surface area (Å²) in [7, 11) is 0. The Kier molecular flexibility index (Phi) is 3.83. The van der Waals surface area contributed by atoms with E-state index < -0.39 is 0 Å². The molecular weight excluding hydrogens is 252 g/mol. The summed E-state index contributed by atoms with van der Waals surface area (Å²) in [4.78, 5) is 14.8. The molecule has 0 radical (unpaired) electrons. The molecule has 4 nitrogen and oxygen atoms in total. The Morgan fingerprint density at radius 2 is 2.05 bits per heavy atom. The van der Waals surface area contributed by atoms with Crippen LogP contribution in [0.3, 0.4) is 0 Å². The first-order valence-corrected chi connectivity index (χ1v) is 7.76. The number of hydrogen-bond acceptors (Lipinski definition) is 3. The Morgan fingerprint density at radius 1 is 1.30 bits per heavy atom. The highest BCUT2D eigenvalue weighted by atomic mass is 16.3. The average Bonchev–Trinajstić information content (AvgIpc) is 3.19. The third kappa shape index (κ3) is 2.90. The molecule has 2 atom stereocenters. The first-order valence-electron chi connectivity index (χ1n) is 7.76. The van der Waals surface area contributed by atoms with Crippen LogP contribution in [0.2, 0.25) is 0 Å². The molecule has 20 heavy (non-hydrogen) atoms. The number of nitrogens with zero attached hydrogens (tertiary/aromatic N) is 1. The van der Waals surface area contributed by atoms with E-state index in [1.165, 1.54) is 0 Å². The SMILES string of the molecule is Cc1ccc(CN(C(=O)C2CCCCC2N)C2CC2)o1. The first-order chi connectivity index (χ1) is 9.65. The topological polar surface area (TPSA) is 59.5 Å². The van der Waals surface area contributed by atoms with Crippen LogP contribution in [0.4, 0.5) is 0 Å². The zero-order chi connectivity index (χ0) is 14.1. The van der Waals surface area contributed by atoms with Gasteiger partial charge < -0.3 is 15.1 Å². The molecular formula is C16H24N2O2. The van der Waals surface area contributed by atoms with Gasteiger partial charge in [0.25, 0.3) is 0 Å². The van der Waals surface area contributed by atoms with Gasteiger partial charge >= 0.3 is 0 Å². The van der Waals surface area contributed by atoms with Gasteiger partial charge in [-0.15, -0.1) is 0 Å². The Morgan fingerprint density at radius 3 is 2.65 bits per heavy atom. The molecule has 2 aliphatic carbocycles. The average molecular weight is 276 g/mol. The number of rotatable bonds is 4. The van der Waals surface area contributed by atoms with Crippen molar-refractivity contribution in [2.45, 2.75) is 64.1 Å². The third-order valence-electron chi connectivity index (χ3n) is 4.53. The Balaban J connectivity index is 1.71. The molecule has 1 aromatic heterocycles. The minimum Gasteiger partial charge on any atom is -0.464 e. The van der Waals surface area contributed by atoms with Crippen molar-refractivity contribution in [3.63, 3.8) is 0 Å². The fourth-order valence-electron chi connectivity index (χ4n) is 3.19. The van der Waals surface area contributed by atoms with Gasteiger partial charge in [0.15, 0.2) is 0 Å². The van der Waals surface area contributed by atoms with Crippen molar-refractivity contribution >= 4 is 5.91 Å². The van der Waals surface area contributed by atoms with Gasteiger partial charge in [-0.05, 0) is 44.7 Å². The minimum atomic E-state index is 0.0143. The van der Waals surface area contributed by atoms with Gasteiger partial charge in [0.05, 0.1) is 12.5 Å². The number of hydrogen-bond donors (Lipinski definition) is 1. The van der Waals surface area contributed by atoms with Gasteiger partial charge in [0.2, 0.25) is 5.91 Å². The Hall–Kier alpha value is -1.29. The van der Waals surface area contributed by atoms with Gasteiger partial charge in [0, 0.05) is 12.1 Å². The van der Waals surface area contributed by atoms with E-state index in [2.05, 4.69) is 0 Å². The lowest BCUT2D eigenvalue weighted by atomic mass is 9.84. The lowest BCUT2D eigenvalue weighted by Crippen LogP contribution is -2.46. The molecule has 4 heteroatoms. The normalized spacial score (nSPS) is 26.5. The molecule has 2 saturated carbocycles. The summed E-state index contributed by atoms with van der Waals surface area (Å²) in [5.74, 6) is 2.04. The van der Waals surface area contributed by atoms with Crippen molar-refractivity contribution in [3.8, 4) is 0 Å². The van der Waals surface area contributed by atoms with E-state index in [4.69, 9.17) is 10.2 Å². The number of furan rings is 1. The minimum absolute atomic E-state index is 0.0143. The van der Waals surface area contributed by atoms with Crippen LogP contribution in [0, 0.1) is 12.8 Å². The van der Waals surface area contributed by atoms with E-state index in [1.54, 1.807) is 0 Å². The number of carbonyl (C=O) groups excluding carboxylic acids is 1. The quantitative estimate of drug-likeness (QED) is 0.919. The highest BCUT2D eigenvalue weighted by Crippen LogP contribution is 2.33. The predicted molar refractivity (Wildman–Crippen MR) is 77.0 cm³/mol. The lowest BCUT2D eigenvalue weighted by molar-refractivity contribution is -0.138. The van der Waals surface area contributed by atoms with Gasteiger partial charge in [-0.2, -0.15) is 0 Å². The number of amides is 1. The Labute approximate surface area is 120 Å². The second kappa shape index (κ2) is 5.60. The Bertz CT molecular complexity index is 479. The van der Waals surface area contributed by atoms with Crippen molar-refractivity contribution in [1.82, 2.24) is 4.90 Å². The smallest absolute Gasteiger partial charge is 0.227 e. The van der Waals surface area contributed by atoms with E-state index in [-0.39, 0.29) is 17.9 Å². The summed E-state index contributed by atoms with van der Waals surface area (Å²) in [6.07, 6.45) is 6.45. The van der Waals surface area contributed by atoms with Crippen LogP contribution in [0.5, 0.6) is 0 Å². The molecule has 110 valence electrons. The highest BCUT2D eigenvalue weighted by molar-refractivity contribution is 5.80. The van der Waals surface area contributed by atoms with E-state index in [1.807, 2.05) is 24.0 Å². The third-order valence-corrected chi connectivity index (χ3v) is 4.53. The van der Waals surface area contributed by atoms with Crippen molar-refractivity contribution in [3.05, 3.63) is 23.7 Å². The molecule has 2 N–H and O–H groups in total. The molecule has 0 aromatic carbocycles. The summed E-state index contributed by atoms with van der Waals surface area (Å²) < 4.78 is 5.63. The second-order valence-corrected chi connectivity index (χ2v) is 6.26. The largest absolute Gasteiger partial charge is 0.464 e. The standard InChI is InChI=1S/C16H24N2O2/c1-11-6-9-13(20-11)10-18(12-7-8-12)16(19)14-4-2-3-5-15(14)17/h6,9,12,14-15H,2-5,7-8,10,17H2,1H3. The van der Waals surface area contributed by atoms with Gasteiger partial charge in [0.1, 0.15) is 11.5 Å². The van der Waals surface area contributed by atoms with Crippen molar-refractivity contribution in [2.24, 2.45) is 11.7 Å². The molecule has 0 saturated heterocycles. The number of nitrogens with two attached hydrogens (primary N) is 1. The van der Waals surface area contributed by atoms with Crippen LogP contribution < -0.4 is 5.73 Å². The van der Waals surface area contributed by atoms with E-state index in [0.717, 1.165) is 50.0 Å². The fraction of sp³-hybridized carbons (Fsp3) is 0.688. The van der Waals surface area contributed by atoms with Gasteiger partial charge in [-0.1, -0.05) is 12.8 Å². The predicted octanol–water partition coefficient (Wildman–Crippen LogP) is 2.60. The zero-order valence-corrected chi connectivity index (χ0v) is 12.2. The maximum atomic E-state index is 12.8. The van der Waals surface area contributed by atoms with E-state index in [0.29, 0.717) is 12.6 Å². The van der Waals surface area contributed by atoms with Crippen LogP contribution in [0.25, 0.3) is 0 Å². The summed E-state index contributed by atoms with van der Waals surface area (Å²) >= 11 is 0. The summed E-state index contributed by atoms with van der Waals surface area (Å²) in [5, 5.41) is 0. The van der Waals surface area contributed by atoms with Crippen LogP contribution in [0.1, 0.15) is 50.0 Å². The molecule has 1 amide bonds. The first kappa shape index (κ1) is 13.7. The summed E-state index contributed by atoms with van der Waals surface area (Å²) in [6, 6.07) is 4.37. The van der Waals surface area contributed by atoms with Gasteiger partial charge in [-0.25, -0.2) is 0 Å². The number of carbonyl (C=O) groups is 1. The lowest BCUT2D eigenvalue weighted by Gasteiger charge is -2.32. The van der Waals surface area contributed by atoms with Crippen LogP contribution >= 0.6 is 0 Å². The van der Waals surface area contributed by atoms with Crippen LogP contribution in [-0.2, 0) is 11.3 Å². The maximum absolute atomic E-state index is 12.8. The molecule has 2 aliphatic rings. The van der Waals surface area contributed by atoms with E-state index >= 15 is 0 Å². The van der Waals surface area contributed by atoms with Crippen LogP contribution in [-0.4, -0.2) is 22.9 Å². The monoisotopic (exact) mass is 276 g/mol. The van der Waals surface area contributed by atoms with Crippen molar-refractivity contribution in [2.75, 3.05) is 0 Å². The maximum Gasteiger partial charge on any atom is 0.227 e. The summed E-state index contributed by atoms with van der Waals surface area (Å²) in [6.45, 7) is 2.53. The van der Waals surface area contributed by atoms with Crippen LogP contribution in [0.15, 0.2) is 16.5 Å². The molecule has 1 aromatic rings. The molecule has 3 rings (SSSR count). The van der Waals surface area contributed by atoms with E-state index in [9.17, 15) is 4.79 Å². The molecule has 1 heterocycles. The van der Waals surface area contributed by atoms with Gasteiger partial charge in [-0.3, -0.25) is 4.79 Å². The number of aryl methyl sites for hydroxylation is 1. The molecule has 0 bridgehead atoms. The van der Waals surface area contributed by atoms with Crippen molar-refractivity contribution in [1.29, 1.82) is 0 Å². The molecule has 2 unspecified atom stereocenters. The molecule has 2 fully saturated rings. The second-order valence-electron chi connectivity index (χ2n) is 6.26.